The van der Waals surface area contributed by atoms with Crippen LogP contribution in [-0.4, -0.2) is 74.4 Å². The van der Waals surface area contributed by atoms with Gasteiger partial charge in [0.2, 0.25) is 0 Å². The van der Waals surface area contributed by atoms with E-state index in [-0.39, 0.29) is 53.0 Å². The van der Waals surface area contributed by atoms with Gasteiger partial charge in [0.05, 0.1) is 18.2 Å². The number of fused-ring (bicyclic) bond motifs is 1. The maximum atomic E-state index is 12.9. The highest BCUT2D eigenvalue weighted by Gasteiger charge is 2.43. The number of benzene rings is 1. The SMILES string of the molecule is C[C@H]1CNCCN1C(=O)c1ccc2c(c1)S(=O)(=O)N(CC1CCCO1)C2=O.Cl. The number of rotatable bonds is 3. The Bertz CT molecular complexity index is 885. The van der Waals surface area contributed by atoms with Crippen molar-refractivity contribution < 1.29 is 22.7 Å². The first-order chi connectivity index (χ1) is 12.9. The predicted octanol–water partition coefficient (Wildman–Crippen LogP) is 0.866. The maximum absolute atomic E-state index is 12.9. The molecule has 3 heterocycles. The van der Waals surface area contributed by atoms with Crippen LogP contribution in [0.1, 0.15) is 40.5 Å². The number of amides is 2. The molecule has 3 aliphatic rings. The maximum Gasteiger partial charge on any atom is 0.269 e. The van der Waals surface area contributed by atoms with Crippen LogP contribution < -0.4 is 5.32 Å². The summed E-state index contributed by atoms with van der Waals surface area (Å²) in [5.74, 6) is -0.762. The van der Waals surface area contributed by atoms with E-state index < -0.39 is 15.9 Å². The fraction of sp³-hybridized carbons (Fsp3) is 0.556. The Morgan fingerprint density at radius 2 is 2.14 bits per heavy atom. The summed E-state index contributed by atoms with van der Waals surface area (Å²) >= 11 is 0. The van der Waals surface area contributed by atoms with Crippen molar-refractivity contribution in [2.75, 3.05) is 32.8 Å². The molecule has 0 aliphatic carbocycles. The lowest BCUT2D eigenvalue weighted by molar-refractivity contribution is 0.0654. The second-order valence-electron chi connectivity index (χ2n) is 7.24. The molecule has 1 aromatic carbocycles. The molecule has 1 unspecified atom stereocenters. The van der Waals surface area contributed by atoms with E-state index in [1.807, 2.05) is 6.92 Å². The average molecular weight is 430 g/mol. The van der Waals surface area contributed by atoms with E-state index in [4.69, 9.17) is 4.74 Å². The molecule has 0 aromatic heterocycles. The van der Waals surface area contributed by atoms with Gasteiger partial charge in [-0.3, -0.25) is 9.59 Å². The Morgan fingerprint density at radius 1 is 1.36 bits per heavy atom. The van der Waals surface area contributed by atoms with Crippen molar-refractivity contribution in [2.45, 2.75) is 36.8 Å². The molecule has 2 atom stereocenters. The molecule has 3 aliphatic heterocycles. The molecular formula is C18H24ClN3O5S. The number of halogens is 1. The molecule has 0 spiro atoms. The van der Waals surface area contributed by atoms with Crippen LogP contribution in [0.25, 0.3) is 0 Å². The normalized spacial score (nSPS) is 26.1. The Kier molecular flexibility index (Phi) is 6.00. The summed E-state index contributed by atoms with van der Waals surface area (Å²) < 4.78 is 32.2. The standard InChI is InChI=1S/C18H23N3O5S.ClH/c1-12-10-19-6-7-20(12)17(22)13-4-5-15-16(9-13)27(24,25)21(18(15)23)11-14-3-2-8-26-14;/h4-5,9,12,14,19H,2-3,6-8,10-11H2,1H3;1H/t12-,14?;/m0./s1. The zero-order valence-electron chi connectivity index (χ0n) is 15.6. The predicted molar refractivity (Wildman–Crippen MR) is 104 cm³/mol. The summed E-state index contributed by atoms with van der Waals surface area (Å²) in [6, 6.07) is 4.35. The fourth-order valence-electron chi connectivity index (χ4n) is 3.87. The first kappa shape index (κ1) is 21.0. The van der Waals surface area contributed by atoms with Gasteiger partial charge in [-0.1, -0.05) is 0 Å². The van der Waals surface area contributed by atoms with E-state index in [9.17, 15) is 18.0 Å². The van der Waals surface area contributed by atoms with Crippen molar-refractivity contribution in [3.63, 3.8) is 0 Å². The van der Waals surface area contributed by atoms with E-state index in [2.05, 4.69) is 5.32 Å². The summed E-state index contributed by atoms with van der Waals surface area (Å²) in [7, 11) is -3.96. The first-order valence-electron chi connectivity index (χ1n) is 9.24. The van der Waals surface area contributed by atoms with E-state index in [1.54, 1.807) is 11.0 Å². The third kappa shape index (κ3) is 3.52. The Labute approximate surface area is 170 Å². The molecule has 2 fully saturated rings. The number of hydrogen-bond donors (Lipinski definition) is 1. The van der Waals surface area contributed by atoms with Gasteiger partial charge >= 0.3 is 0 Å². The number of nitrogens with one attached hydrogen (secondary N) is 1. The first-order valence-corrected chi connectivity index (χ1v) is 10.7. The molecule has 1 aromatic rings. The quantitative estimate of drug-likeness (QED) is 0.765. The summed E-state index contributed by atoms with van der Waals surface area (Å²) in [6.07, 6.45) is 1.34. The van der Waals surface area contributed by atoms with E-state index in [1.165, 1.54) is 12.1 Å². The zero-order chi connectivity index (χ0) is 19.2. The lowest BCUT2D eigenvalue weighted by atomic mass is 10.1. The molecule has 4 rings (SSSR count). The summed E-state index contributed by atoms with van der Waals surface area (Å²) in [4.78, 5) is 27.1. The summed E-state index contributed by atoms with van der Waals surface area (Å²) in [5.41, 5.74) is 0.413. The lowest BCUT2D eigenvalue weighted by Crippen LogP contribution is -2.52. The van der Waals surface area contributed by atoms with Gasteiger partial charge in [-0.05, 0) is 38.0 Å². The number of hydrogen-bond acceptors (Lipinski definition) is 6. The number of carbonyl (C=O) groups excluding carboxylic acids is 2. The van der Waals surface area contributed by atoms with Gasteiger partial charge in [-0.15, -0.1) is 12.4 Å². The van der Waals surface area contributed by atoms with Gasteiger partial charge in [0.1, 0.15) is 4.90 Å². The molecule has 28 heavy (non-hydrogen) atoms. The Morgan fingerprint density at radius 3 is 2.82 bits per heavy atom. The Hall–Kier alpha value is -1.68. The van der Waals surface area contributed by atoms with Crippen LogP contribution in [0.4, 0.5) is 0 Å². The fourth-order valence-corrected chi connectivity index (χ4v) is 5.50. The van der Waals surface area contributed by atoms with Crippen LogP contribution in [0, 0.1) is 0 Å². The third-order valence-electron chi connectivity index (χ3n) is 5.41. The summed E-state index contributed by atoms with van der Waals surface area (Å²) in [6.45, 7) is 4.51. The van der Waals surface area contributed by atoms with Crippen molar-refractivity contribution in [3.8, 4) is 0 Å². The van der Waals surface area contributed by atoms with Crippen molar-refractivity contribution >= 4 is 34.2 Å². The molecule has 0 bridgehead atoms. The highest BCUT2D eigenvalue weighted by molar-refractivity contribution is 7.90. The van der Waals surface area contributed by atoms with Gasteiger partial charge in [0, 0.05) is 37.8 Å². The number of carbonyl (C=O) groups is 2. The zero-order valence-corrected chi connectivity index (χ0v) is 17.2. The van der Waals surface area contributed by atoms with Crippen molar-refractivity contribution in [3.05, 3.63) is 29.3 Å². The van der Waals surface area contributed by atoms with E-state index in [0.29, 0.717) is 26.2 Å². The number of ether oxygens (including phenoxy) is 1. The molecule has 1 N–H and O–H groups in total. The molecule has 10 heteroatoms. The summed E-state index contributed by atoms with van der Waals surface area (Å²) in [5, 5.41) is 3.22. The molecule has 8 nitrogen and oxygen atoms in total. The van der Waals surface area contributed by atoms with Crippen LogP contribution in [0.3, 0.4) is 0 Å². The van der Waals surface area contributed by atoms with Gasteiger partial charge < -0.3 is 15.0 Å². The minimum absolute atomic E-state index is 0. The number of piperazine rings is 1. The van der Waals surface area contributed by atoms with Crippen molar-refractivity contribution in [1.82, 2.24) is 14.5 Å². The van der Waals surface area contributed by atoms with Crippen LogP contribution in [0.15, 0.2) is 23.1 Å². The third-order valence-corrected chi connectivity index (χ3v) is 7.20. The molecule has 0 radical (unpaired) electrons. The van der Waals surface area contributed by atoms with Gasteiger partial charge in [-0.25, -0.2) is 12.7 Å². The molecule has 154 valence electrons. The monoisotopic (exact) mass is 429 g/mol. The van der Waals surface area contributed by atoms with E-state index in [0.717, 1.165) is 17.1 Å². The topological polar surface area (TPSA) is 96.0 Å². The molecule has 2 saturated heterocycles. The molecule has 0 saturated carbocycles. The second-order valence-corrected chi connectivity index (χ2v) is 9.07. The number of nitrogens with zero attached hydrogens (tertiary/aromatic N) is 2. The Balaban J connectivity index is 0.00000225. The van der Waals surface area contributed by atoms with Crippen LogP contribution in [0.2, 0.25) is 0 Å². The lowest BCUT2D eigenvalue weighted by Gasteiger charge is -2.34. The van der Waals surface area contributed by atoms with Crippen LogP contribution in [-0.2, 0) is 14.8 Å². The molecular weight excluding hydrogens is 406 g/mol. The van der Waals surface area contributed by atoms with Crippen molar-refractivity contribution in [1.29, 1.82) is 0 Å². The average Bonchev–Trinajstić information content (AvgIpc) is 3.23. The van der Waals surface area contributed by atoms with Crippen LogP contribution in [0.5, 0.6) is 0 Å². The largest absolute Gasteiger partial charge is 0.376 e. The van der Waals surface area contributed by atoms with Crippen molar-refractivity contribution in [2.24, 2.45) is 0 Å². The molecule has 2 amide bonds. The van der Waals surface area contributed by atoms with E-state index >= 15 is 0 Å². The minimum atomic E-state index is -3.96. The van der Waals surface area contributed by atoms with Gasteiger partial charge in [-0.2, -0.15) is 0 Å². The smallest absolute Gasteiger partial charge is 0.269 e. The van der Waals surface area contributed by atoms with Crippen LogP contribution >= 0.6 is 12.4 Å². The minimum Gasteiger partial charge on any atom is -0.376 e. The highest BCUT2D eigenvalue weighted by Crippen LogP contribution is 2.32. The number of sulfonamides is 1. The highest BCUT2D eigenvalue weighted by atomic mass is 35.5. The van der Waals surface area contributed by atoms with Gasteiger partial charge in [0.15, 0.2) is 0 Å². The second kappa shape index (κ2) is 7.98. The van der Waals surface area contributed by atoms with Gasteiger partial charge in [0.25, 0.3) is 21.8 Å².